The summed E-state index contributed by atoms with van der Waals surface area (Å²) in [6, 6.07) is 0. The third kappa shape index (κ3) is 1.59. The Balaban J connectivity index is 0.000000490. The SMILES string of the molecule is Nn1cnnc1[S-].[Na+]. The molecule has 8 heavy (non-hydrogen) atoms. The smallest absolute Gasteiger partial charge is 0.738 e. The van der Waals surface area contributed by atoms with Crippen LogP contribution in [0, 0.1) is 0 Å². The molecular weight excluding hydrogens is 135 g/mol. The molecule has 0 bridgehead atoms. The van der Waals surface area contributed by atoms with E-state index in [1.807, 2.05) is 0 Å². The first kappa shape index (κ1) is 8.16. The van der Waals surface area contributed by atoms with Gasteiger partial charge < -0.3 is 18.5 Å². The van der Waals surface area contributed by atoms with Gasteiger partial charge in [-0.05, 0) is 0 Å². The molecule has 0 unspecified atom stereocenters. The molecule has 0 saturated heterocycles. The minimum atomic E-state index is 0. The number of nitrogens with zero attached hydrogens (tertiary/aromatic N) is 3. The molecule has 1 rings (SSSR count). The zero-order chi connectivity index (χ0) is 5.28. The van der Waals surface area contributed by atoms with E-state index in [1.54, 1.807) is 0 Å². The molecule has 0 aromatic carbocycles. The summed E-state index contributed by atoms with van der Waals surface area (Å²) in [6.45, 7) is 0. The van der Waals surface area contributed by atoms with E-state index in [9.17, 15) is 0 Å². The summed E-state index contributed by atoms with van der Waals surface area (Å²) in [6.07, 6.45) is 1.35. The van der Waals surface area contributed by atoms with Crippen molar-refractivity contribution in [1.29, 1.82) is 0 Å². The van der Waals surface area contributed by atoms with Crippen LogP contribution in [-0.4, -0.2) is 14.9 Å². The average molecular weight is 138 g/mol. The summed E-state index contributed by atoms with van der Waals surface area (Å²) in [5, 5.41) is 7.13. The molecule has 4 nitrogen and oxygen atoms in total. The summed E-state index contributed by atoms with van der Waals surface area (Å²) >= 11 is 4.55. The minimum absolute atomic E-state index is 0. The van der Waals surface area contributed by atoms with Crippen LogP contribution >= 0.6 is 0 Å². The summed E-state index contributed by atoms with van der Waals surface area (Å²) in [7, 11) is 0. The second-order valence-corrected chi connectivity index (χ2v) is 1.39. The number of hydrogen-bond donors (Lipinski definition) is 1. The molecule has 0 radical (unpaired) electrons. The average Bonchev–Trinajstić information content (AvgIpc) is 1.91. The van der Waals surface area contributed by atoms with Crippen LogP contribution < -0.4 is 35.4 Å². The predicted octanol–water partition coefficient (Wildman–Crippen LogP) is -4.10. The molecule has 0 saturated carbocycles. The quantitative estimate of drug-likeness (QED) is 0.225. The minimum Gasteiger partial charge on any atom is -0.738 e. The van der Waals surface area contributed by atoms with Crippen LogP contribution in [-0.2, 0) is 12.6 Å². The van der Waals surface area contributed by atoms with Gasteiger partial charge in [-0.25, -0.2) is 0 Å². The Morgan fingerprint density at radius 2 is 2.38 bits per heavy atom. The molecule has 1 aromatic heterocycles. The standard InChI is InChI=1S/C2H4N4S.Na/c3-6-1-4-5-2(6)7;/h1H,3H2,(H,5,7);/q;+1/p-1. The van der Waals surface area contributed by atoms with E-state index in [4.69, 9.17) is 5.84 Å². The molecule has 1 aromatic rings. The van der Waals surface area contributed by atoms with Crippen LogP contribution in [0.4, 0.5) is 0 Å². The van der Waals surface area contributed by atoms with Crippen molar-refractivity contribution in [2.45, 2.75) is 5.16 Å². The van der Waals surface area contributed by atoms with Gasteiger partial charge in [0.1, 0.15) is 6.33 Å². The van der Waals surface area contributed by atoms with Gasteiger partial charge in [-0.1, -0.05) is 0 Å². The van der Waals surface area contributed by atoms with Crippen molar-refractivity contribution in [3.05, 3.63) is 6.33 Å². The molecular formula is C2H3N4NaS. The number of nitrogens with two attached hydrogens (primary N) is 1. The number of nitrogen functional groups attached to an aromatic ring is 1. The fourth-order valence-corrected chi connectivity index (χ4v) is 0.326. The number of hydrogen-bond acceptors (Lipinski definition) is 4. The maximum Gasteiger partial charge on any atom is 1.00 e. The van der Waals surface area contributed by atoms with E-state index in [1.165, 1.54) is 11.0 Å². The Kier molecular flexibility index (Phi) is 3.30. The maximum atomic E-state index is 5.13. The van der Waals surface area contributed by atoms with Crippen molar-refractivity contribution < 1.29 is 29.6 Å². The summed E-state index contributed by atoms with van der Waals surface area (Å²) < 4.78 is 1.18. The monoisotopic (exact) mass is 138 g/mol. The van der Waals surface area contributed by atoms with Crippen LogP contribution in [0.3, 0.4) is 0 Å². The number of rotatable bonds is 0. The topological polar surface area (TPSA) is 56.7 Å². The van der Waals surface area contributed by atoms with Gasteiger partial charge in [0.2, 0.25) is 0 Å². The zero-order valence-corrected chi connectivity index (χ0v) is 7.22. The Hall–Kier alpha value is 0.160. The van der Waals surface area contributed by atoms with E-state index in [0.29, 0.717) is 5.16 Å². The fourth-order valence-electron chi connectivity index (χ4n) is 0.232. The van der Waals surface area contributed by atoms with Crippen LogP contribution in [0.1, 0.15) is 0 Å². The normalized spacial score (nSPS) is 8.00. The third-order valence-corrected chi connectivity index (χ3v) is 0.833. The van der Waals surface area contributed by atoms with Gasteiger partial charge in [0, 0.05) is 5.16 Å². The molecule has 0 atom stereocenters. The van der Waals surface area contributed by atoms with Crippen molar-refractivity contribution >= 4 is 12.6 Å². The maximum absolute atomic E-state index is 5.13. The van der Waals surface area contributed by atoms with E-state index in [0.717, 1.165) is 0 Å². The summed E-state index contributed by atoms with van der Waals surface area (Å²) in [5.74, 6) is 5.13. The van der Waals surface area contributed by atoms with Crippen molar-refractivity contribution in [1.82, 2.24) is 14.9 Å². The number of aromatic nitrogens is 3. The van der Waals surface area contributed by atoms with Gasteiger partial charge in [0.25, 0.3) is 0 Å². The molecule has 0 aliphatic heterocycles. The second kappa shape index (κ2) is 3.24. The molecule has 0 amide bonds. The van der Waals surface area contributed by atoms with Crippen molar-refractivity contribution in [3.63, 3.8) is 0 Å². The van der Waals surface area contributed by atoms with E-state index in [-0.39, 0.29) is 29.6 Å². The Morgan fingerprint density at radius 1 is 1.75 bits per heavy atom. The summed E-state index contributed by atoms with van der Waals surface area (Å²) in [4.78, 5) is 0. The molecule has 0 aliphatic carbocycles. The molecule has 0 aliphatic rings. The van der Waals surface area contributed by atoms with E-state index >= 15 is 0 Å². The molecule has 6 heteroatoms. The zero-order valence-electron chi connectivity index (χ0n) is 4.40. The van der Waals surface area contributed by atoms with E-state index < -0.39 is 0 Å². The Bertz CT molecular complexity index is 146. The van der Waals surface area contributed by atoms with Crippen LogP contribution in [0.15, 0.2) is 11.5 Å². The molecule has 0 fully saturated rings. The van der Waals surface area contributed by atoms with Crippen LogP contribution in [0.25, 0.3) is 0 Å². The molecule has 1 heterocycles. The molecule has 0 spiro atoms. The van der Waals surface area contributed by atoms with Gasteiger partial charge in [-0.3, -0.25) is 4.68 Å². The molecule has 38 valence electrons. The predicted molar refractivity (Wildman–Crippen MR) is 25.8 cm³/mol. The van der Waals surface area contributed by atoms with Gasteiger partial charge in [-0.2, -0.15) is 5.10 Å². The summed E-state index contributed by atoms with van der Waals surface area (Å²) in [5.41, 5.74) is 0. The van der Waals surface area contributed by atoms with Gasteiger partial charge in [-0.15, -0.1) is 5.10 Å². The van der Waals surface area contributed by atoms with Crippen LogP contribution in [0.2, 0.25) is 0 Å². The molecule has 2 N–H and O–H groups in total. The first-order valence-electron chi connectivity index (χ1n) is 1.63. The first-order valence-corrected chi connectivity index (χ1v) is 2.03. The van der Waals surface area contributed by atoms with Crippen molar-refractivity contribution in [2.75, 3.05) is 5.84 Å². The largest absolute Gasteiger partial charge is 1.00 e. The Labute approximate surface area is 74.1 Å². The van der Waals surface area contributed by atoms with Crippen molar-refractivity contribution in [2.24, 2.45) is 0 Å². The second-order valence-electron chi connectivity index (χ2n) is 1.02. The Morgan fingerprint density at radius 3 is 2.50 bits per heavy atom. The van der Waals surface area contributed by atoms with Crippen molar-refractivity contribution in [3.8, 4) is 0 Å². The van der Waals surface area contributed by atoms with E-state index in [2.05, 4.69) is 22.8 Å². The van der Waals surface area contributed by atoms with Gasteiger partial charge >= 0.3 is 29.6 Å². The fraction of sp³-hybridized carbons (Fsp3) is 0. The van der Waals surface area contributed by atoms with Crippen LogP contribution in [0.5, 0.6) is 0 Å². The van der Waals surface area contributed by atoms with Gasteiger partial charge in [0.05, 0.1) is 0 Å². The first-order chi connectivity index (χ1) is 3.30. The third-order valence-electron chi connectivity index (χ3n) is 0.540. The van der Waals surface area contributed by atoms with Gasteiger partial charge in [0.15, 0.2) is 0 Å².